The van der Waals surface area contributed by atoms with E-state index in [0.717, 1.165) is 44.4 Å². The second-order valence-corrected chi connectivity index (χ2v) is 11.3. The molecule has 0 bridgehead atoms. The van der Waals surface area contributed by atoms with Crippen LogP contribution in [0.4, 0.5) is 17.1 Å². The van der Waals surface area contributed by atoms with Crippen molar-refractivity contribution in [2.75, 3.05) is 10.0 Å². The number of para-hydroxylation sites is 2. The van der Waals surface area contributed by atoms with Gasteiger partial charge in [0.25, 0.3) is 5.69 Å². The van der Waals surface area contributed by atoms with Crippen molar-refractivity contribution in [3.63, 3.8) is 0 Å². The van der Waals surface area contributed by atoms with Crippen LogP contribution in [0.3, 0.4) is 0 Å². The molecule has 0 saturated carbocycles. The predicted octanol–water partition coefficient (Wildman–Crippen LogP) is 8.25. The number of thioether (sulfide) groups is 1. The normalized spacial score (nSPS) is 17.5. The molecule has 0 fully saturated rings. The standard InChI is InChI=1S/C33H22ClN5O2S/c34-25-19-15-23(16-20-25)31-29-13-7-8-14-30(29)33(37(35-31)26-9-3-1-4-10-26)38(27-11-5-2-6-12-27)36-32(42-33)24-17-21-28(22-18-24)39(40)41/h1-22H/t33-/m1/s1. The lowest BCUT2D eigenvalue weighted by molar-refractivity contribution is -0.384. The fourth-order valence-corrected chi connectivity index (χ4v) is 6.76. The van der Waals surface area contributed by atoms with Gasteiger partial charge in [-0.2, -0.15) is 10.2 Å². The number of non-ortho nitro benzene ring substituents is 1. The first kappa shape index (κ1) is 26.0. The zero-order valence-corrected chi connectivity index (χ0v) is 23.6. The van der Waals surface area contributed by atoms with Gasteiger partial charge in [-0.05, 0) is 60.3 Å². The molecular weight excluding hydrogens is 566 g/mol. The summed E-state index contributed by atoms with van der Waals surface area (Å²) in [5.41, 5.74) is 6.30. The predicted molar refractivity (Wildman–Crippen MR) is 170 cm³/mol. The fraction of sp³-hybridized carbons (Fsp3) is 0.0303. The summed E-state index contributed by atoms with van der Waals surface area (Å²) in [4.78, 5) is 10.0. The van der Waals surface area contributed by atoms with Crippen molar-refractivity contribution in [1.29, 1.82) is 0 Å². The van der Waals surface area contributed by atoms with E-state index in [1.54, 1.807) is 23.9 Å². The van der Waals surface area contributed by atoms with Crippen molar-refractivity contribution in [3.8, 4) is 0 Å². The molecule has 0 aliphatic carbocycles. The summed E-state index contributed by atoms with van der Waals surface area (Å²) in [5.74, 6) is 0. The van der Waals surface area contributed by atoms with Gasteiger partial charge in [0.2, 0.25) is 4.99 Å². The van der Waals surface area contributed by atoms with Crippen LogP contribution in [-0.2, 0) is 4.99 Å². The van der Waals surface area contributed by atoms with Crippen LogP contribution in [0.25, 0.3) is 0 Å². The van der Waals surface area contributed by atoms with Gasteiger partial charge in [-0.25, -0.2) is 10.0 Å². The van der Waals surface area contributed by atoms with Crippen molar-refractivity contribution >= 4 is 51.2 Å². The second kappa shape index (κ2) is 10.5. The molecule has 42 heavy (non-hydrogen) atoms. The summed E-state index contributed by atoms with van der Waals surface area (Å²) < 4.78 is 0. The summed E-state index contributed by atoms with van der Waals surface area (Å²) >= 11 is 7.80. The number of hydrogen-bond acceptors (Lipinski definition) is 7. The van der Waals surface area contributed by atoms with Crippen LogP contribution >= 0.6 is 23.4 Å². The van der Waals surface area contributed by atoms with Gasteiger partial charge in [0.05, 0.1) is 22.0 Å². The number of nitro benzene ring substituents is 1. The Hall–Kier alpha value is -4.92. The van der Waals surface area contributed by atoms with E-state index >= 15 is 0 Å². The van der Waals surface area contributed by atoms with Crippen molar-refractivity contribution in [3.05, 3.63) is 171 Å². The van der Waals surface area contributed by atoms with Crippen LogP contribution in [-0.4, -0.2) is 15.7 Å². The molecule has 1 atom stereocenters. The van der Waals surface area contributed by atoms with Crippen molar-refractivity contribution in [2.45, 2.75) is 4.99 Å². The Labute approximate surface area is 251 Å². The van der Waals surface area contributed by atoms with Gasteiger partial charge in [0.1, 0.15) is 5.04 Å². The lowest BCUT2D eigenvalue weighted by Gasteiger charge is -2.47. The van der Waals surface area contributed by atoms with Gasteiger partial charge < -0.3 is 0 Å². The number of anilines is 2. The molecule has 2 heterocycles. The molecule has 1 spiro atoms. The van der Waals surface area contributed by atoms with E-state index in [-0.39, 0.29) is 5.69 Å². The Morgan fingerprint density at radius 1 is 0.667 bits per heavy atom. The Balaban J connectivity index is 1.48. The molecule has 7 rings (SSSR count). The molecule has 0 N–H and O–H groups in total. The van der Waals surface area contributed by atoms with Crippen LogP contribution < -0.4 is 10.0 Å². The highest BCUT2D eigenvalue weighted by atomic mass is 35.5. The monoisotopic (exact) mass is 587 g/mol. The van der Waals surface area contributed by atoms with Crippen LogP contribution in [0.2, 0.25) is 5.02 Å². The van der Waals surface area contributed by atoms with Gasteiger partial charge in [-0.15, -0.1) is 0 Å². The van der Waals surface area contributed by atoms with Crippen LogP contribution in [0, 0.1) is 10.1 Å². The fourth-order valence-electron chi connectivity index (χ4n) is 5.24. The van der Waals surface area contributed by atoms with Crippen molar-refractivity contribution in [1.82, 2.24) is 0 Å². The SMILES string of the molecule is O=[N+]([O-])c1ccc(C2=NN(c3ccccc3)[C@@]3(S2)c2ccccc2C(c2ccc(Cl)cc2)=NN3c2ccccc2)cc1. The van der Waals surface area contributed by atoms with E-state index in [2.05, 4.69) is 12.1 Å². The lowest BCUT2D eigenvalue weighted by Crippen LogP contribution is -2.54. The van der Waals surface area contributed by atoms with Crippen LogP contribution in [0.5, 0.6) is 0 Å². The van der Waals surface area contributed by atoms with E-state index in [0.29, 0.717) is 5.02 Å². The minimum atomic E-state index is -0.952. The molecular formula is C33H22ClN5O2S. The average molecular weight is 588 g/mol. The molecule has 0 amide bonds. The first-order chi connectivity index (χ1) is 20.5. The molecule has 0 saturated heterocycles. The third-order valence-electron chi connectivity index (χ3n) is 7.18. The minimum absolute atomic E-state index is 0.0307. The maximum absolute atomic E-state index is 11.3. The first-order valence-corrected chi connectivity index (χ1v) is 14.4. The number of nitrogens with zero attached hydrogens (tertiary/aromatic N) is 5. The highest BCUT2D eigenvalue weighted by Gasteiger charge is 2.55. The molecule has 5 aromatic carbocycles. The Bertz CT molecular complexity index is 1850. The average Bonchev–Trinajstić information content (AvgIpc) is 3.44. The number of hydrazone groups is 2. The van der Waals surface area contributed by atoms with Crippen molar-refractivity contribution < 1.29 is 4.92 Å². The molecule has 2 aliphatic rings. The number of benzene rings is 5. The summed E-state index contributed by atoms with van der Waals surface area (Å²) in [5, 5.41) is 27.3. The quantitative estimate of drug-likeness (QED) is 0.153. The first-order valence-electron chi connectivity index (χ1n) is 13.2. The lowest BCUT2D eigenvalue weighted by atomic mass is 9.93. The highest BCUT2D eigenvalue weighted by Crippen LogP contribution is 2.55. The third kappa shape index (κ3) is 4.32. The van der Waals surface area contributed by atoms with Gasteiger partial charge >= 0.3 is 0 Å². The maximum Gasteiger partial charge on any atom is 0.269 e. The van der Waals surface area contributed by atoms with Gasteiger partial charge in [0.15, 0.2) is 0 Å². The number of rotatable bonds is 5. The summed E-state index contributed by atoms with van der Waals surface area (Å²) in [7, 11) is 0. The van der Waals surface area contributed by atoms with Crippen LogP contribution in [0.1, 0.15) is 22.3 Å². The molecule has 5 aromatic rings. The zero-order chi connectivity index (χ0) is 28.7. The molecule has 204 valence electrons. The van der Waals surface area contributed by atoms with E-state index in [1.807, 2.05) is 107 Å². The molecule has 0 aromatic heterocycles. The Morgan fingerprint density at radius 2 is 1.21 bits per heavy atom. The molecule has 0 unspecified atom stereocenters. The summed E-state index contributed by atoms with van der Waals surface area (Å²) in [6.45, 7) is 0. The third-order valence-corrected chi connectivity index (χ3v) is 8.79. The maximum atomic E-state index is 11.3. The minimum Gasteiger partial charge on any atom is -0.258 e. The summed E-state index contributed by atoms with van der Waals surface area (Å²) in [6.07, 6.45) is 0. The number of nitro groups is 1. The van der Waals surface area contributed by atoms with E-state index in [9.17, 15) is 10.1 Å². The number of halogens is 1. The molecule has 7 nitrogen and oxygen atoms in total. The Kier molecular flexibility index (Phi) is 6.49. The zero-order valence-electron chi connectivity index (χ0n) is 22.0. The van der Waals surface area contributed by atoms with Crippen LogP contribution in [0.15, 0.2) is 144 Å². The highest BCUT2D eigenvalue weighted by molar-refractivity contribution is 8.15. The molecule has 9 heteroatoms. The smallest absolute Gasteiger partial charge is 0.258 e. The molecule has 0 radical (unpaired) electrons. The topological polar surface area (TPSA) is 74.3 Å². The largest absolute Gasteiger partial charge is 0.269 e. The van der Waals surface area contributed by atoms with E-state index < -0.39 is 9.92 Å². The Morgan fingerprint density at radius 3 is 1.83 bits per heavy atom. The second-order valence-electron chi connectivity index (χ2n) is 9.72. The van der Waals surface area contributed by atoms with Gasteiger partial charge in [0, 0.05) is 39.4 Å². The van der Waals surface area contributed by atoms with E-state index in [4.69, 9.17) is 21.8 Å². The summed E-state index contributed by atoms with van der Waals surface area (Å²) in [6, 6.07) is 42.5. The number of fused-ring (bicyclic) bond motifs is 2. The van der Waals surface area contributed by atoms with Gasteiger partial charge in [-0.3, -0.25) is 10.1 Å². The molecule has 2 aliphatic heterocycles. The van der Waals surface area contributed by atoms with Gasteiger partial charge in [-0.1, -0.05) is 84.4 Å². The van der Waals surface area contributed by atoms with Crippen molar-refractivity contribution in [2.24, 2.45) is 10.2 Å². The van der Waals surface area contributed by atoms with E-state index in [1.165, 1.54) is 12.1 Å². The number of hydrogen-bond donors (Lipinski definition) is 0.